The molecule has 0 saturated carbocycles. The molecular formula is C16H17NO7S. The van der Waals surface area contributed by atoms with E-state index in [0.717, 1.165) is 5.56 Å². The van der Waals surface area contributed by atoms with Gasteiger partial charge in [-0.25, -0.2) is 13.2 Å². The van der Waals surface area contributed by atoms with Crippen LogP contribution in [0.4, 0.5) is 0 Å². The van der Waals surface area contributed by atoms with E-state index >= 15 is 0 Å². The van der Waals surface area contributed by atoms with Gasteiger partial charge in [-0.1, -0.05) is 6.07 Å². The highest BCUT2D eigenvalue weighted by molar-refractivity contribution is 7.91. The quantitative estimate of drug-likeness (QED) is 0.588. The average Bonchev–Trinajstić information content (AvgIpc) is 3.16. The number of esters is 1. The third kappa shape index (κ3) is 4.72. The van der Waals surface area contributed by atoms with Crippen LogP contribution in [0.3, 0.4) is 0 Å². The van der Waals surface area contributed by atoms with E-state index in [0.29, 0.717) is 17.9 Å². The molecule has 0 aromatic heterocycles. The van der Waals surface area contributed by atoms with Crippen molar-refractivity contribution in [2.75, 3.05) is 24.9 Å². The minimum absolute atomic E-state index is 0.0655. The monoisotopic (exact) mass is 367 g/mol. The highest BCUT2D eigenvalue weighted by Crippen LogP contribution is 2.32. The van der Waals surface area contributed by atoms with Gasteiger partial charge in [0.15, 0.2) is 27.9 Å². The zero-order chi connectivity index (χ0) is 17.9. The second kappa shape index (κ2) is 7.14. The lowest BCUT2D eigenvalue weighted by Gasteiger charge is -2.10. The molecule has 0 bridgehead atoms. The standard InChI is InChI=1S/C16H17NO7S/c18-15(17-12-5-6-25(20,21)9-12)8-22-16(19)4-2-11-1-3-13-14(7-11)24-10-23-13/h1-4,7,12H,5-6,8-10H2,(H,17,18)/b4-2+. The molecule has 8 nitrogen and oxygen atoms in total. The number of carbonyl (C=O) groups is 2. The fourth-order valence-electron chi connectivity index (χ4n) is 2.54. The van der Waals surface area contributed by atoms with Gasteiger partial charge in [0.05, 0.1) is 11.5 Å². The predicted molar refractivity (Wildman–Crippen MR) is 87.8 cm³/mol. The van der Waals surface area contributed by atoms with Crippen LogP contribution in [0.5, 0.6) is 11.5 Å². The summed E-state index contributed by atoms with van der Waals surface area (Å²) in [4.78, 5) is 23.3. The summed E-state index contributed by atoms with van der Waals surface area (Å²) < 4.78 is 37.9. The number of hydrogen-bond acceptors (Lipinski definition) is 7. The third-order valence-corrected chi connectivity index (χ3v) is 5.52. The number of nitrogens with one attached hydrogen (secondary N) is 1. The first-order chi connectivity index (χ1) is 11.9. The van der Waals surface area contributed by atoms with Crippen molar-refractivity contribution in [3.63, 3.8) is 0 Å². The van der Waals surface area contributed by atoms with Crippen molar-refractivity contribution in [1.29, 1.82) is 0 Å². The fraction of sp³-hybridized carbons (Fsp3) is 0.375. The Kier molecular flexibility index (Phi) is 4.93. The number of amides is 1. The molecule has 134 valence electrons. The maximum absolute atomic E-state index is 11.7. The largest absolute Gasteiger partial charge is 0.454 e. The lowest BCUT2D eigenvalue weighted by Crippen LogP contribution is -2.38. The van der Waals surface area contributed by atoms with Gasteiger partial charge >= 0.3 is 5.97 Å². The fourth-order valence-corrected chi connectivity index (χ4v) is 4.22. The summed E-state index contributed by atoms with van der Waals surface area (Å²) in [5, 5.41) is 2.54. The van der Waals surface area contributed by atoms with Crippen LogP contribution in [-0.2, 0) is 24.2 Å². The summed E-state index contributed by atoms with van der Waals surface area (Å²) in [5.41, 5.74) is 0.724. The van der Waals surface area contributed by atoms with Gasteiger partial charge in [-0.15, -0.1) is 0 Å². The topological polar surface area (TPSA) is 108 Å². The van der Waals surface area contributed by atoms with E-state index in [-0.39, 0.29) is 18.3 Å². The van der Waals surface area contributed by atoms with Crippen LogP contribution in [0.2, 0.25) is 0 Å². The summed E-state index contributed by atoms with van der Waals surface area (Å²) in [5.74, 6) is 0.0395. The molecule has 1 saturated heterocycles. The first-order valence-electron chi connectivity index (χ1n) is 7.65. The summed E-state index contributed by atoms with van der Waals surface area (Å²) in [6.07, 6.45) is 3.11. The van der Waals surface area contributed by atoms with Gasteiger partial charge in [0, 0.05) is 12.1 Å². The molecule has 0 spiro atoms. The second-order valence-electron chi connectivity index (χ2n) is 5.72. The Labute approximate surface area is 144 Å². The van der Waals surface area contributed by atoms with Crippen molar-refractivity contribution >= 4 is 27.8 Å². The normalized spacial score (nSPS) is 20.6. The summed E-state index contributed by atoms with van der Waals surface area (Å²) in [6.45, 7) is -0.289. The van der Waals surface area contributed by atoms with Crippen LogP contribution < -0.4 is 14.8 Å². The molecule has 9 heteroatoms. The molecule has 0 radical (unpaired) electrons. The van der Waals surface area contributed by atoms with Crippen LogP contribution in [0, 0.1) is 0 Å². The van der Waals surface area contributed by atoms with Gasteiger partial charge in [0.25, 0.3) is 5.91 Å². The molecule has 1 unspecified atom stereocenters. The van der Waals surface area contributed by atoms with Gasteiger partial charge in [-0.05, 0) is 30.2 Å². The first kappa shape index (κ1) is 17.3. The SMILES string of the molecule is O=C(COC(=O)/C=C/c1ccc2c(c1)OCO2)NC1CCS(=O)(=O)C1. The Morgan fingerprint density at radius 2 is 2.08 bits per heavy atom. The van der Waals surface area contributed by atoms with Gasteiger partial charge in [-0.2, -0.15) is 0 Å². The molecule has 1 amide bonds. The van der Waals surface area contributed by atoms with Gasteiger partial charge in [0.2, 0.25) is 6.79 Å². The van der Waals surface area contributed by atoms with Crippen molar-refractivity contribution in [2.24, 2.45) is 0 Å². The Balaban J connectivity index is 1.44. The molecule has 1 atom stereocenters. The average molecular weight is 367 g/mol. The number of sulfone groups is 1. The number of hydrogen-bond donors (Lipinski definition) is 1. The number of carbonyl (C=O) groups excluding carboxylic acids is 2. The Morgan fingerprint density at radius 1 is 1.28 bits per heavy atom. The lowest BCUT2D eigenvalue weighted by molar-refractivity contribution is -0.143. The number of fused-ring (bicyclic) bond motifs is 1. The third-order valence-electron chi connectivity index (χ3n) is 3.75. The molecule has 3 rings (SSSR count). The zero-order valence-electron chi connectivity index (χ0n) is 13.3. The van der Waals surface area contributed by atoms with E-state index in [1.165, 1.54) is 12.2 Å². The maximum Gasteiger partial charge on any atom is 0.331 e. The number of benzene rings is 1. The summed E-state index contributed by atoms with van der Waals surface area (Å²) in [6, 6.07) is 4.79. The summed E-state index contributed by atoms with van der Waals surface area (Å²) >= 11 is 0. The van der Waals surface area contributed by atoms with E-state index in [2.05, 4.69) is 5.32 Å². The van der Waals surface area contributed by atoms with Crippen LogP contribution in [0.1, 0.15) is 12.0 Å². The maximum atomic E-state index is 11.7. The number of ether oxygens (including phenoxy) is 3. The van der Waals surface area contributed by atoms with E-state index < -0.39 is 34.4 Å². The molecule has 1 fully saturated rings. The molecule has 1 aromatic carbocycles. The highest BCUT2D eigenvalue weighted by atomic mass is 32.2. The Bertz CT molecular complexity index is 816. The Hall–Kier alpha value is -2.55. The highest BCUT2D eigenvalue weighted by Gasteiger charge is 2.28. The summed E-state index contributed by atoms with van der Waals surface area (Å²) in [7, 11) is -3.07. The van der Waals surface area contributed by atoms with E-state index in [9.17, 15) is 18.0 Å². The molecule has 1 aromatic rings. The molecular weight excluding hydrogens is 350 g/mol. The Morgan fingerprint density at radius 3 is 2.84 bits per heavy atom. The minimum atomic E-state index is -3.07. The molecule has 2 aliphatic heterocycles. The van der Waals surface area contributed by atoms with Gasteiger partial charge < -0.3 is 19.5 Å². The predicted octanol–water partition coefficient (Wildman–Crippen LogP) is 0.275. The van der Waals surface area contributed by atoms with Crippen molar-refractivity contribution in [2.45, 2.75) is 12.5 Å². The van der Waals surface area contributed by atoms with Gasteiger partial charge in [0.1, 0.15) is 0 Å². The lowest BCUT2D eigenvalue weighted by atomic mass is 10.2. The van der Waals surface area contributed by atoms with Crippen LogP contribution in [0.15, 0.2) is 24.3 Å². The molecule has 2 heterocycles. The van der Waals surface area contributed by atoms with Crippen LogP contribution in [0.25, 0.3) is 6.08 Å². The van der Waals surface area contributed by atoms with Gasteiger partial charge in [-0.3, -0.25) is 4.79 Å². The van der Waals surface area contributed by atoms with Crippen molar-refractivity contribution in [3.8, 4) is 11.5 Å². The second-order valence-corrected chi connectivity index (χ2v) is 7.95. The smallest absolute Gasteiger partial charge is 0.331 e. The van der Waals surface area contributed by atoms with E-state index in [4.69, 9.17) is 14.2 Å². The first-order valence-corrected chi connectivity index (χ1v) is 9.48. The molecule has 1 N–H and O–H groups in total. The number of rotatable bonds is 5. The minimum Gasteiger partial charge on any atom is -0.454 e. The molecule has 25 heavy (non-hydrogen) atoms. The molecule has 2 aliphatic rings. The zero-order valence-corrected chi connectivity index (χ0v) is 14.1. The van der Waals surface area contributed by atoms with Crippen LogP contribution >= 0.6 is 0 Å². The van der Waals surface area contributed by atoms with Crippen molar-refractivity contribution in [1.82, 2.24) is 5.32 Å². The molecule has 0 aliphatic carbocycles. The van der Waals surface area contributed by atoms with Crippen LogP contribution in [-0.4, -0.2) is 51.2 Å². The van der Waals surface area contributed by atoms with Crippen molar-refractivity contribution < 1.29 is 32.2 Å². The van der Waals surface area contributed by atoms with Crippen molar-refractivity contribution in [3.05, 3.63) is 29.8 Å². The van der Waals surface area contributed by atoms with E-state index in [1.807, 2.05) is 0 Å². The van der Waals surface area contributed by atoms with E-state index in [1.54, 1.807) is 18.2 Å².